The zero-order chi connectivity index (χ0) is 11.6. The van der Waals surface area contributed by atoms with E-state index in [0.717, 1.165) is 45.6 Å². The van der Waals surface area contributed by atoms with E-state index in [1.807, 2.05) is 0 Å². The second-order valence-electron chi connectivity index (χ2n) is 4.18. The molecule has 0 aromatic rings. The summed E-state index contributed by atoms with van der Waals surface area (Å²) in [5, 5.41) is 3.54. The molecule has 96 valence electrons. The number of methoxy groups -OCH3 is 1. The summed E-state index contributed by atoms with van der Waals surface area (Å²) >= 11 is 0. The summed E-state index contributed by atoms with van der Waals surface area (Å²) in [5.41, 5.74) is 0. The van der Waals surface area contributed by atoms with Gasteiger partial charge in [0.2, 0.25) is 0 Å². The van der Waals surface area contributed by atoms with Crippen LogP contribution in [0.15, 0.2) is 0 Å². The first kappa shape index (κ1) is 13.9. The second-order valence-corrected chi connectivity index (χ2v) is 4.18. The van der Waals surface area contributed by atoms with Crippen molar-refractivity contribution < 1.29 is 14.2 Å². The predicted octanol–water partition coefficient (Wildman–Crippen LogP) is 1.20. The van der Waals surface area contributed by atoms with Crippen LogP contribution < -0.4 is 5.32 Å². The van der Waals surface area contributed by atoms with E-state index in [9.17, 15) is 0 Å². The molecule has 0 aromatic carbocycles. The van der Waals surface area contributed by atoms with Crippen LogP contribution in [0.5, 0.6) is 0 Å². The van der Waals surface area contributed by atoms with Gasteiger partial charge in [-0.3, -0.25) is 0 Å². The molecule has 2 atom stereocenters. The van der Waals surface area contributed by atoms with Crippen molar-refractivity contribution in [2.45, 2.75) is 38.3 Å². The molecule has 4 nitrogen and oxygen atoms in total. The number of rotatable bonds is 8. The third-order valence-electron chi connectivity index (χ3n) is 2.81. The minimum absolute atomic E-state index is 0.206. The summed E-state index contributed by atoms with van der Waals surface area (Å²) in [4.78, 5) is 0. The Balaban J connectivity index is 2.28. The van der Waals surface area contributed by atoms with Gasteiger partial charge in [-0.05, 0) is 25.8 Å². The first-order valence-electron chi connectivity index (χ1n) is 6.30. The van der Waals surface area contributed by atoms with Gasteiger partial charge >= 0.3 is 0 Å². The van der Waals surface area contributed by atoms with Crippen molar-refractivity contribution in [1.29, 1.82) is 0 Å². The van der Waals surface area contributed by atoms with E-state index in [1.54, 1.807) is 7.11 Å². The van der Waals surface area contributed by atoms with Crippen LogP contribution in [0, 0.1) is 0 Å². The summed E-state index contributed by atoms with van der Waals surface area (Å²) in [6.07, 6.45) is 3.51. The molecule has 4 heteroatoms. The van der Waals surface area contributed by atoms with Gasteiger partial charge in [0.25, 0.3) is 0 Å². The molecular weight excluding hydrogens is 206 g/mol. The molecule has 0 spiro atoms. The molecule has 0 radical (unpaired) electrons. The van der Waals surface area contributed by atoms with E-state index >= 15 is 0 Å². The minimum Gasteiger partial charge on any atom is -0.385 e. The first-order valence-corrected chi connectivity index (χ1v) is 6.30. The lowest BCUT2D eigenvalue weighted by molar-refractivity contribution is -0.103. The Morgan fingerprint density at radius 2 is 2.31 bits per heavy atom. The standard InChI is InChI=1S/C12H25NO3/c1-3-6-13-11(5-4-7-14-2)12-10-15-8-9-16-12/h11-13H,3-10H2,1-2H3. The van der Waals surface area contributed by atoms with Gasteiger partial charge in [-0.25, -0.2) is 0 Å². The fraction of sp³-hybridized carbons (Fsp3) is 1.00. The Bertz CT molecular complexity index is 160. The molecule has 2 unspecified atom stereocenters. The van der Waals surface area contributed by atoms with Crippen molar-refractivity contribution in [1.82, 2.24) is 5.32 Å². The maximum absolute atomic E-state index is 5.74. The lowest BCUT2D eigenvalue weighted by atomic mass is 10.1. The van der Waals surface area contributed by atoms with Crippen LogP contribution >= 0.6 is 0 Å². The van der Waals surface area contributed by atoms with Gasteiger partial charge < -0.3 is 19.5 Å². The molecule has 16 heavy (non-hydrogen) atoms. The topological polar surface area (TPSA) is 39.7 Å². The average Bonchev–Trinajstić information content (AvgIpc) is 2.35. The van der Waals surface area contributed by atoms with E-state index in [2.05, 4.69) is 12.2 Å². The van der Waals surface area contributed by atoms with Crippen molar-refractivity contribution >= 4 is 0 Å². The van der Waals surface area contributed by atoms with Crippen LogP contribution in [0.1, 0.15) is 26.2 Å². The number of ether oxygens (including phenoxy) is 3. The van der Waals surface area contributed by atoms with Crippen LogP contribution in [0.25, 0.3) is 0 Å². The molecule has 0 aliphatic carbocycles. The highest BCUT2D eigenvalue weighted by Gasteiger charge is 2.23. The molecule has 0 saturated carbocycles. The third-order valence-corrected chi connectivity index (χ3v) is 2.81. The maximum Gasteiger partial charge on any atom is 0.0962 e. The van der Waals surface area contributed by atoms with Crippen molar-refractivity contribution in [3.8, 4) is 0 Å². The van der Waals surface area contributed by atoms with Crippen molar-refractivity contribution in [3.63, 3.8) is 0 Å². The zero-order valence-corrected chi connectivity index (χ0v) is 10.5. The van der Waals surface area contributed by atoms with Crippen LogP contribution in [0.4, 0.5) is 0 Å². The smallest absolute Gasteiger partial charge is 0.0962 e. The maximum atomic E-state index is 5.74. The van der Waals surface area contributed by atoms with Gasteiger partial charge in [0.1, 0.15) is 0 Å². The fourth-order valence-corrected chi connectivity index (χ4v) is 1.94. The van der Waals surface area contributed by atoms with Gasteiger partial charge in [-0.15, -0.1) is 0 Å². The molecule has 1 saturated heterocycles. The lowest BCUT2D eigenvalue weighted by Gasteiger charge is -2.31. The Labute approximate surface area is 98.6 Å². The summed E-state index contributed by atoms with van der Waals surface area (Å²) in [5.74, 6) is 0. The lowest BCUT2D eigenvalue weighted by Crippen LogP contribution is -2.47. The Morgan fingerprint density at radius 3 is 2.94 bits per heavy atom. The summed E-state index contributed by atoms with van der Waals surface area (Å²) < 4.78 is 16.3. The van der Waals surface area contributed by atoms with Gasteiger partial charge in [0.15, 0.2) is 0 Å². The Morgan fingerprint density at radius 1 is 1.44 bits per heavy atom. The largest absolute Gasteiger partial charge is 0.385 e. The minimum atomic E-state index is 0.206. The first-order chi connectivity index (χ1) is 7.88. The van der Waals surface area contributed by atoms with E-state index in [1.165, 1.54) is 0 Å². The van der Waals surface area contributed by atoms with Crippen molar-refractivity contribution in [2.24, 2.45) is 0 Å². The van der Waals surface area contributed by atoms with Crippen LogP contribution in [-0.2, 0) is 14.2 Å². The number of hydrogen-bond acceptors (Lipinski definition) is 4. The van der Waals surface area contributed by atoms with Crippen LogP contribution in [0.2, 0.25) is 0 Å². The third kappa shape index (κ3) is 5.25. The zero-order valence-electron chi connectivity index (χ0n) is 10.5. The predicted molar refractivity (Wildman–Crippen MR) is 63.8 cm³/mol. The SMILES string of the molecule is CCCNC(CCCOC)C1COCCO1. The van der Waals surface area contributed by atoms with Crippen molar-refractivity contribution in [3.05, 3.63) is 0 Å². The summed E-state index contributed by atoms with van der Waals surface area (Å²) in [7, 11) is 1.74. The Kier molecular flexibility index (Phi) is 7.76. The normalized spacial score (nSPS) is 23.2. The molecule has 1 aliphatic rings. The average molecular weight is 231 g/mol. The monoisotopic (exact) mass is 231 g/mol. The van der Waals surface area contributed by atoms with Crippen LogP contribution in [-0.4, -0.2) is 52.2 Å². The van der Waals surface area contributed by atoms with Crippen molar-refractivity contribution in [2.75, 3.05) is 40.1 Å². The van der Waals surface area contributed by atoms with E-state index in [0.29, 0.717) is 12.6 Å². The summed E-state index contributed by atoms with van der Waals surface area (Å²) in [6, 6.07) is 0.399. The molecule has 1 fully saturated rings. The second kappa shape index (κ2) is 8.93. The van der Waals surface area contributed by atoms with Gasteiger partial charge in [-0.1, -0.05) is 6.92 Å². The number of hydrogen-bond donors (Lipinski definition) is 1. The molecule has 1 rings (SSSR count). The molecule has 1 N–H and O–H groups in total. The molecule has 1 aliphatic heterocycles. The number of nitrogens with one attached hydrogen (secondary N) is 1. The molecule has 0 amide bonds. The van der Waals surface area contributed by atoms with Gasteiger partial charge in [0.05, 0.1) is 25.9 Å². The van der Waals surface area contributed by atoms with E-state index < -0.39 is 0 Å². The highest BCUT2D eigenvalue weighted by Crippen LogP contribution is 2.11. The van der Waals surface area contributed by atoms with Gasteiger partial charge in [0, 0.05) is 19.8 Å². The molecule has 0 bridgehead atoms. The van der Waals surface area contributed by atoms with Crippen LogP contribution in [0.3, 0.4) is 0 Å². The van der Waals surface area contributed by atoms with E-state index in [-0.39, 0.29) is 6.10 Å². The quantitative estimate of drug-likeness (QED) is 0.637. The summed E-state index contributed by atoms with van der Waals surface area (Å²) in [6.45, 7) is 6.20. The van der Waals surface area contributed by atoms with E-state index in [4.69, 9.17) is 14.2 Å². The molecule has 0 aromatic heterocycles. The highest BCUT2D eigenvalue weighted by atomic mass is 16.6. The molecule has 1 heterocycles. The molecular formula is C12H25NO3. The Hall–Kier alpha value is -0.160. The van der Waals surface area contributed by atoms with Gasteiger partial charge in [-0.2, -0.15) is 0 Å². The fourth-order valence-electron chi connectivity index (χ4n) is 1.94. The highest BCUT2D eigenvalue weighted by molar-refractivity contribution is 4.78.